The van der Waals surface area contributed by atoms with Crippen LogP contribution in [0.25, 0.3) is 0 Å². The van der Waals surface area contributed by atoms with Gasteiger partial charge in [0.2, 0.25) is 5.79 Å². The molecule has 30 heavy (non-hydrogen) atoms. The zero-order chi connectivity index (χ0) is 20.8. The number of aromatic nitrogens is 2. The summed E-state index contributed by atoms with van der Waals surface area (Å²) in [5, 5.41) is 3.45. The van der Waals surface area contributed by atoms with E-state index in [2.05, 4.69) is 28.7 Å². The first-order valence-electron chi connectivity index (χ1n) is 11.5. The number of hydrogen-bond acceptors (Lipinski definition) is 7. The Morgan fingerprint density at radius 1 is 1.20 bits per heavy atom. The van der Waals surface area contributed by atoms with Gasteiger partial charge >= 0.3 is 0 Å². The second-order valence-corrected chi connectivity index (χ2v) is 9.71. The van der Waals surface area contributed by atoms with Crippen LogP contribution in [0.15, 0.2) is 18.7 Å². The van der Waals surface area contributed by atoms with Crippen LogP contribution in [0.1, 0.15) is 46.5 Å². The summed E-state index contributed by atoms with van der Waals surface area (Å²) in [4.78, 5) is 15.9. The summed E-state index contributed by atoms with van der Waals surface area (Å²) in [5.74, 6) is 0.794. The highest BCUT2D eigenvalue weighted by Crippen LogP contribution is 2.62. The Balaban J connectivity index is 1.14. The number of nitrogens with one attached hydrogen (secondary N) is 1. The van der Waals surface area contributed by atoms with Gasteiger partial charge in [-0.1, -0.05) is 13.8 Å². The van der Waals surface area contributed by atoms with Gasteiger partial charge in [0, 0.05) is 49.7 Å². The molecule has 0 amide bonds. The first-order chi connectivity index (χ1) is 14.5. The van der Waals surface area contributed by atoms with Gasteiger partial charge in [-0.3, -0.25) is 0 Å². The van der Waals surface area contributed by atoms with Gasteiger partial charge in [0.15, 0.2) is 18.2 Å². The number of rotatable bonds is 8. The van der Waals surface area contributed by atoms with Gasteiger partial charge in [0.05, 0.1) is 12.9 Å². The lowest BCUT2D eigenvalue weighted by atomic mass is 9.56. The lowest BCUT2D eigenvalue weighted by molar-refractivity contribution is -0.615. The molecule has 5 heterocycles. The quantitative estimate of drug-likeness (QED) is 0.511. The SMILES string of the molecule is C[C@@H]1CCC2[C@@H](C)[C@@H](OCCNCCCn3ccnc3)O[C@@H]3OC4(C)CC1[C@@]23OO4. The van der Waals surface area contributed by atoms with E-state index in [9.17, 15) is 0 Å². The molecule has 8 heteroatoms. The lowest BCUT2D eigenvalue weighted by Gasteiger charge is -2.66. The molecule has 2 bridgehead atoms. The van der Waals surface area contributed by atoms with Gasteiger partial charge in [-0.15, -0.1) is 0 Å². The summed E-state index contributed by atoms with van der Waals surface area (Å²) in [7, 11) is 0. The standard InChI is InChI=1S/C22H35N3O5/c1-15-5-6-17-16(2)19(26-12-9-23-7-4-10-25-11-8-24-14-25)27-20-22(17)18(15)13-21(3,28-20)29-30-22/h8,11,14-20,23H,4-7,9-10,12-13H2,1-3H3/t15-,16-,17?,18?,19+,20-,21?,22+/m1/s1. The monoisotopic (exact) mass is 421 g/mol. The number of imidazole rings is 1. The van der Waals surface area contributed by atoms with Crippen molar-refractivity contribution in [2.45, 2.75) is 77.0 Å². The van der Waals surface area contributed by atoms with E-state index in [1.807, 2.05) is 25.6 Å². The highest BCUT2D eigenvalue weighted by molar-refractivity contribution is 5.10. The largest absolute Gasteiger partial charge is 0.351 e. The van der Waals surface area contributed by atoms with E-state index in [4.69, 9.17) is 24.0 Å². The fourth-order valence-electron chi connectivity index (χ4n) is 6.05. The zero-order valence-corrected chi connectivity index (χ0v) is 18.3. The topological polar surface area (TPSA) is 76.0 Å². The Hall–Kier alpha value is -1.03. The molecule has 1 aliphatic carbocycles. The molecule has 0 radical (unpaired) electrons. The highest BCUT2D eigenvalue weighted by atomic mass is 17.3. The van der Waals surface area contributed by atoms with Gasteiger partial charge in [-0.25, -0.2) is 14.8 Å². The Morgan fingerprint density at radius 3 is 2.93 bits per heavy atom. The Morgan fingerprint density at radius 2 is 2.10 bits per heavy atom. The van der Waals surface area contributed by atoms with E-state index in [1.54, 1.807) is 0 Å². The highest BCUT2D eigenvalue weighted by Gasteiger charge is 2.72. The average Bonchev–Trinajstić information content (AvgIpc) is 3.25. The van der Waals surface area contributed by atoms with Crippen LogP contribution in [-0.4, -0.2) is 53.2 Å². The predicted octanol–water partition coefficient (Wildman–Crippen LogP) is 2.70. The summed E-state index contributed by atoms with van der Waals surface area (Å²) in [6.07, 6.45) is 9.17. The van der Waals surface area contributed by atoms with Crippen LogP contribution in [0, 0.1) is 23.7 Å². The van der Waals surface area contributed by atoms with Gasteiger partial charge in [0.25, 0.3) is 0 Å². The average molecular weight is 422 g/mol. The molecule has 8 nitrogen and oxygen atoms in total. The van der Waals surface area contributed by atoms with Crippen molar-refractivity contribution >= 4 is 0 Å². The van der Waals surface area contributed by atoms with Crippen molar-refractivity contribution in [1.82, 2.24) is 14.9 Å². The summed E-state index contributed by atoms with van der Waals surface area (Å²) in [6, 6.07) is 0. The molecule has 1 N–H and O–H groups in total. The molecule has 5 fully saturated rings. The van der Waals surface area contributed by atoms with Crippen LogP contribution in [0.2, 0.25) is 0 Å². The van der Waals surface area contributed by atoms with Crippen LogP contribution in [0.3, 0.4) is 0 Å². The maximum atomic E-state index is 6.37. The smallest absolute Gasteiger partial charge is 0.202 e. The predicted molar refractivity (Wildman–Crippen MR) is 108 cm³/mol. The van der Waals surface area contributed by atoms with Crippen LogP contribution in [-0.2, 0) is 30.5 Å². The van der Waals surface area contributed by atoms with Crippen molar-refractivity contribution < 1.29 is 24.0 Å². The summed E-state index contributed by atoms with van der Waals surface area (Å²) >= 11 is 0. The van der Waals surface area contributed by atoms with E-state index in [0.717, 1.165) is 38.9 Å². The number of fused-ring (bicyclic) bond motifs is 1. The fraction of sp³-hybridized carbons (Fsp3) is 0.864. The van der Waals surface area contributed by atoms with E-state index < -0.39 is 17.7 Å². The third-order valence-electron chi connectivity index (χ3n) is 7.67. The third kappa shape index (κ3) is 3.51. The molecular formula is C22H35N3O5. The van der Waals surface area contributed by atoms with Gasteiger partial charge in [-0.05, 0) is 38.6 Å². The molecule has 5 aliphatic rings. The minimum Gasteiger partial charge on any atom is -0.351 e. The van der Waals surface area contributed by atoms with Crippen LogP contribution in [0.5, 0.6) is 0 Å². The van der Waals surface area contributed by atoms with Crippen molar-refractivity contribution in [2.75, 3.05) is 19.7 Å². The third-order valence-corrected chi connectivity index (χ3v) is 7.67. The normalized spacial score (nSPS) is 44.8. The molecule has 1 spiro atoms. The zero-order valence-electron chi connectivity index (χ0n) is 18.3. The first kappa shape index (κ1) is 20.8. The van der Waals surface area contributed by atoms with Crippen LogP contribution >= 0.6 is 0 Å². The van der Waals surface area contributed by atoms with E-state index in [1.165, 1.54) is 6.42 Å². The maximum Gasteiger partial charge on any atom is 0.202 e. The van der Waals surface area contributed by atoms with E-state index in [-0.39, 0.29) is 12.2 Å². The maximum absolute atomic E-state index is 6.37. The van der Waals surface area contributed by atoms with E-state index >= 15 is 0 Å². The van der Waals surface area contributed by atoms with E-state index in [0.29, 0.717) is 24.4 Å². The number of ether oxygens (including phenoxy) is 3. The second-order valence-electron chi connectivity index (χ2n) is 9.71. The fourth-order valence-corrected chi connectivity index (χ4v) is 6.05. The van der Waals surface area contributed by atoms with Gasteiger partial charge in [-0.2, -0.15) is 0 Å². The van der Waals surface area contributed by atoms with Crippen molar-refractivity contribution in [3.8, 4) is 0 Å². The first-order valence-corrected chi connectivity index (χ1v) is 11.5. The van der Waals surface area contributed by atoms with Crippen molar-refractivity contribution in [1.29, 1.82) is 0 Å². The molecule has 1 saturated carbocycles. The summed E-state index contributed by atoms with van der Waals surface area (Å²) in [5.41, 5.74) is -0.500. The Labute approximate surface area is 178 Å². The molecule has 4 aliphatic heterocycles. The number of hydrogen-bond donors (Lipinski definition) is 1. The molecule has 1 aromatic heterocycles. The second kappa shape index (κ2) is 8.15. The molecule has 0 aromatic carbocycles. The molecule has 1 aromatic rings. The molecule has 168 valence electrons. The van der Waals surface area contributed by atoms with Crippen molar-refractivity contribution in [3.05, 3.63) is 18.7 Å². The van der Waals surface area contributed by atoms with Crippen molar-refractivity contribution in [2.24, 2.45) is 23.7 Å². The molecule has 8 atom stereocenters. The van der Waals surface area contributed by atoms with Crippen LogP contribution < -0.4 is 5.32 Å². The Bertz CT molecular complexity index is 718. The van der Waals surface area contributed by atoms with Gasteiger partial charge in [0.1, 0.15) is 0 Å². The number of aryl methyl sites for hydroxylation is 1. The minimum atomic E-state index is -0.727. The molecule has 3 unspecified atom stereocenters. The molecule has 6 rings (SSSR count). The Kier molecular flexibility index (Phi) is 5.66. The number of nitrogens with zero attached hydrogens (tertiary/aromatic N) is 2. The lowest BCUT2D eigenvalue weighted by Crippen LogP contribution is -2.76. The minimum absolute atomic E-state index is 0.229. The summed E-state index contributed by atoms with van der Waals surface area (Å²) < 4.78 is 20.9. The van der Waals surface area contributed by atoms with Crippen molar-refractivity contribution in [3.63, 3.8) is 0 Å². The van der Waals surface area contributed by atoms with Crippen LogP contribution in [0.4, 0.5) is 0 Å². The van der Waals surface area contributed by atoms with Gasteiger partial charge < -0.3 is 24.1 Å². The summed E-state index contributed by atoms with van der Waals surface area (Å²) in [6.45, 7) is 9.83. The molecule has 4 saturated heterocycles. The molecular weight excluding hydrogens is 386 g/mol.